The second kappa shape index (κ2) is 4.16. The van der Waals surface area contributed by atoms with Crippen LogP contribution in [0.15, 0.2) is 11.4 Å². The lowest BCUT2D eigenvalue weighted by Crippen LogP contribution is -2.31. The Morgan fingerprint density at radius 3 is 3.36 bits per heavy atom. The molecule has 1 aromatic heterocycles. The second-order valence-corrected chi connectivity index (χ2v) is 4.80. The summed E-state index contributed by atoms with van der Waals surface area (Å²) in [5, 5.41) is 5.67. The van der Waals surface area contributed by atoms with E-state index >= 15 is 0 Å². The minimum absolute atomic E-state index is 0.172. The van der Waals surface area contributed by atoms with Crippen molar-refractivity contribution in [3.8, 4) is 12.3 Å². The van der Waals surface area contributed by atoms with Gasteiger partial charge in [0.2, 0.25) is 0 Å². The van der Waals surface area contributed by atoms with Crippen LogP contribution < -0.4 is 5.32 Å². The molecule has 2 atom stereocenters. The van der Waals surface area contributed by atoms with Gasteiger partial charge in [-0.25, -0.2) is 0 Å². The maximum Gasteiger partial charge on any atom is 0.0663 e. The summed E-state index contributed by atoms with van der Waals surface area (Å²) >= 11 is 1.87. The first kappa shape index (κ1) is 9.76. The first-order valence-electron chi connectivity index (χ1n) is 5.09. The third kappa shape index (κ3) is 1.84. The number of nitrogens with one attached hydrogen (secondary N) is 1. The van der Waals surface area contributed by atoms with E-state index in [0.29, 0.717) is 6.04 Å². The molecular formula is C12H15NS. The summed E-state index contributed by atoms with van der Waals surface area (Å²) in [5.41, 5.74) is 1.48. The molecule has 0 saturated carbocycles. The third-order valence-corrected chi connectivity index (χ3v) is 3.75. The number of aryl methyl sites for hydroxylation is 1. The standard InChI is InChI=1S/C12H15NS/c1-3-9(2)13-11-5-4-6-12-10(11)7-8-14-12/h1,7-9,11,13H,4-6H2,2H3. The van der Waals surface area contributed by atoms with Crippen LogP contribution in [0.25, 0.3) is 0 Å². The van der Waals surface area contributed by atoms with Gasteiger partial charge < -0.3 is 0 Å². The molecule has 0 aliphatic heterocycles. The molecule has 0 radical (unpaired) electrons. The van der Waals surface area contributed by atoms with Crippen LogP contribution in [0.1, 0.15) is 36.2 Å². The van der Waals surface area contributed by atoms with E-state index in [1.54, 1.807) is 0 Å². The van der Waals surface area contributed by atoms with Gasteiger partial charge in [0.15, 0.2) is 0 Å². The lowest BCUT2D eigenvalue weighted by Gasteiger charge is -2.25. The van der Waals surface area contributed by atoms with Crippen molar-refractivity contribution in [3.05, 3.63) is 21.9 Å². The van der Waals surface area contributed by atoms with Crippen molar-refractivity contribution in [2.24, 2.45) is 0 Å². The lowest BCUT2D eigenvalue weighted by molar-refractivity contribution is 0.448. The average molecular weight is 205 g/mol. The lowest BCUT2D eigenvalue weighted by atomic mass is 9.93. The molecule has 2 unspecified atom stereocenters. The monoisotopic (exact) mass is 205 g/mol. The van der Waals surface area contributed by atoms with Crippen LogP contribution in [0.2, 0.25) is 0 Å². The highest BCUT2D eigenvalue weighted by Crippen LogP contribution is 2.33. The van der Waals surface area contributed by atoms with E-state index < -0.39 is 0 Å². The Morgan fingerprint density at radius 1 is 1.71 bits per heavy atom. The molecule has 2 rings (SSSR count). The first-order chi connectivity index (χ1) is 6.81. The summed E-state index contributed by atoms with van der Waals surface area (Å²) in [6.45, 7) is 2.04. The van der Waals surface area contributed by atoms with Crippen molar-refractivity contribution < 1.29 is 0 Å². The summed E-state index contributed by atoms with van der Waals surface area (Å²) in [6, 6.07) is 2.89. The third-order valence-electron chi connectivity index (χ3n) is 2.75. The zero-order chi connectivity index (χ0) is 9.97. The predicted molar refractivity (Wildman–Crippen MR) is 61.4 cm³/mol. The molecular weight excluding hydrogens is 190 g/mol. The van der Waals surface area contributed by atoms with Gasteiger partial charge in [0.25, 0.3) is 0 Å². The number of terminal acetylenes is 1. The van der Waals surface area contributed by atoms with Gasteiger partial charge in [0.1, 0.15) is 0 Å². The van der Waals surface area contributed by atoms with Gasteiger partial charge in [0.05, 0.1) is 6.04 Å². The second-order valence-electron chi connectivity index (χ2n) is 3.80. The van der Waals surface area contributed by atoms with Gasteiger partial charge in [-0.15, -0.1) is 17.8 Å². The highest BCUT2D eigenvalue weighted by atomic mass is 32.1. The largest absolute Gasteiger partial charge is 0.297 e. The minimum Gasteiger partial charge on any atom is -0.297 e. The Labute approximate surface area is 89.5 Å². The zero-order valence-corrected chi connectivity index (χ0v) is 9.23. The van der Waals surface area contributed by atoms with Crippen molar-refractivity contribution in [1.82, 2.24) is 5.32 Å². The van der Waals surface area contributed by atoms with Gasteiger partial charge >= 0.3 is 0 Å². The Bertz CT molecular complexity index is 347. The molecule has 0 bridgehead atoms. The van der Waals surface area contributed by atoms with E-state index in [2.05, 4.69) is 22.7 Å². The van der Waals surface area contributed by atoms with E-state index in [1.165, 1.54) is 29.7 Å². The van der Waals surface area contributed by atoms with Crippen LogP contribution in [-0.4, -0.2) is 6.04 Å². The topological polar surface area (TPSA) is 12.0 Å². The van der Waals surface area contributed by atoms with E-state index in [0.717, 1.165) is 0 Å². The molecule has 1 aromatic rings. The summed E-state index contributed by atoms with van der Waals surface area (Å²) < 4.78 is 0. The number of rotatable bonds is 2. The van der Waals surface area contributed by atoms with E-state index in [1.807, 2.05) is 18.3 Å². The van der Waals surface area contributed by atoms with Crippen LogP contribution in [-0.2, 0) is 6.42 Å². The molecule has 1 heterocycles. The maximum absolute atomic E-state index is 5.37. The van der Waals surface area contributed by atoms with Gasteiger partial charge in [0, 0.05) is 10.9 Å². The fourth-order valence-electron chi connectivity index (χ4n) is 2.01. The maximum atomic E-state index is 5.37. The van der Waals surface area contributed by atoms with Crippen molar-refractivity contribution >= 4 is 11.3 Å². The molecule has 74 valence electrons. The Kier molecular flexibility index (Phi) is 2.90. The zero-order valence-electron chi connectivity index (χ0n) is 8.42. The SMILES string of the molecule is C#CC(C)NC1CCCc2sccc21. The van der Waals surface area contributed by atoms with Gasteiger partial charge in [-0.05, 0) is 43.2 Å². The molecule has 0 amide bonds. The van der Waals surface area contributed by atoms with Crippen molar-refractivity contribution in [2.45, 2.75) is 38.3 Å². The molecule has 0 spiro atoms. The normalized spacial score (nSPS) is 22.4. The Balaban J connectivity index is 2.13. The van der Waals surface area contributed by atoms with Crippen LogP contribution in [0, 0.1) is 12.3 Å². The number of hydrogen-bond donors (Lipinski definition) is 1. The first-order valence-corrected chi connectivity index (χ1v) is 5.97. The summed E-state index contributed by atoms with van der Waals surface area (Å²) in [5.74, 6) is 2.73. The van der Waals surface area contributed by atoms with E-state index in [-0.39, 0.29) is 6.04 Å². The molecule has 0 aromatic carbocycles. The molecule has 1 N–H and O–H groups in total. The van der Waals surface area contributed by atoms with Gasteiger partial charge in [-0.3, -0.25) is 5.32 Å². The van der Waals surface area contributed by atoms with Crippen molar-refractivity contribution in [3.63, 3.8) is 0 Å². The summed E-state index contributed by atoms with van der Waals surface area (Å²) in [4.78, 5) is 1.54. The highest BCUT2D eigenvalue weighted by Gasteiger charge is 2.21. The van der Waals surface area contributed by atoms with Crippen LogP contribution >= 0.6 is 11.3 Å². The van der Waals surface area contributed by atoms with Gasteiger partial charge in [-0.2, -0.15) is 0 Å². The van der Waals surface area contributed by atoms with Crippen molar-refractivity contribution in [2.75, 3.05) is 0 Å². The molecule has 2 heteroatoms. The van der Waals surface area contributed by atoms with E-state index in [4.69, 9.17) is 6.42 Å². The van der Waals surface area contributed by atoms with E-state index in [9.17, 15) is 0 Å². The van der Waals surface area contributed by atoms with Gasteiger partial charge in [-0.1, -0.05) is 5.92 Å². The molecule has 1 aliphatic rings. The molecule has 0 saturated heterocycles. The number of thiophene rings is 1. The highest BCUT2D eigenvalue weighted by molar-refractivity contribution is 7.10. The molecule has 0 fully saturated rings. The van der Waals surface area contributed by atoms with Crippen LogP contribution in [0.5, 0.6) is 0 Å². The fourth-order valence-corrected chi connectivity index (χ4v) is 3.00. The fraction of sp³-hybridized carbons (Fsp3) is 0.500. The average Bonchev–Trinajstić information content (AvgIpc) is 2.66. The minimum atomic E-state index is 0.172. The van der Waals surface area contributed by atoms with Crippen LogP contribution in [0.3, 0.4) is 0 Å². The number of hydrogen-bond acceptors (Lipinski definition) is 2. The molecule has 1 aliphatic carbocycles. The molecule has 14 heavy (non-hydrogen) atoms. The van der Waals surface area contributed by atoms with Crippen molar-refractivity contribution in [1.29, 1.82) is 0 Å². The molecule has 1 nitrogen and oxygen atoms in total. The Hall–Kier alpha value is -0.780. The smallest absolute Gasteiger partial charge is 0.0663 e. The Morgan fingerprint density at radius 2 is 2.57 bits per heavy atom. The summed E-state index contributed by atoms with van der Waals surface area (Å²) in [6.07, 6.45) is 9.12. The van der Waals surface area contributed by atoms with Crippen LogP contribution in [0.4, 0.5) is 0 Å². The quantitative estimate of drug-likeness (QED) is 0.732. The number of fused-ring (bicyclic) bond motifs is 1. The summed E-state index contributed by atoms with van der Waals surface area (Å²) in [7, 11) is 0. The predicted octanol–water partition coefficient (Wildman–Crippen LogP) is 2.74.